The molecule has 0 aliphatic carbocycles. The van der Waals surface area contributed by atoms with E-state index in [0.717, 1.165) is 12.0 Å². The normalized spacial score (nSPS) is 15.9. The van der Waals surface area contributed by atoms with Crippen molar-refractivity contribution in [2.24, 2.45) is 0 Å². The minimum Gasteiger partial charge on any atom is -0.497 e. The molecule has 31 heavy (non-hydrogen) atoms. The number of carbonyl (C=O) groups is 3. The van der Waals surface area contributed by atoms with Gasteiger partial charge in [0, 0.05) is 26.3 Å². The molecular weight excluding hydrogens is 400 g/mol. The van der Waals surface area contributed by atoms with Gasteiger partial charge in [-0.2, -0.15) is 0 Å². The number of carbonyl (C=O) groups excluding carboxylic acids is 3. The highest BCUT2D eigenvalue weighted by Gasteiger charge is 2.34. The van der Waals surface area contributed by atoms with E-state index in [0.29, 0.717) is 23.6 Å². The number of likely N-dealkylation sites (N-methyl/N-ethyl adjacent to an activating group) is 1. The molecule has 9 nitrogen and oxygen atoms in total. The van der Waals surface area contributed by atoms with E-state index in [1.54, 1.807) is 52.4 Å². The van der Waals surface area contributed by atoms with Crippen molar-refractivity contribution >= 4 is 17.9 Å². The number of benzene rings is 1. The Balaban J connectivity index is 2.45. The Morgan fingerprint density at radius 3 is 2.35 bits per heavy atom. The summed E-state index contributed by atoms with van der Waals surface area (Å²) in [5.74, 6) is 0.0992. The highest BCUT2D eigenvalue weighted by Crippen LogP contribution is 2.29. The first-order valence-corrected chi connectivity index (χ1v) is 10.3. The first kappa shape index (κ1) is 24.2. The van der Waals surface area contributed by atoms with Crippen molar-refractivity contribution in [3.05, 3.63) is 41.1 Å². The average Bonchev–Trinajstić information content (AvgIpc) is 2.73. The number of nitrogens with one attached hydrogen (secondary N) is 2. The van der Waals surface area contributed by atoms with Crippen LogP contribution in [0.2, 0.25) is 0 Å². The van der Waals surface area contributed by atoms with Gasteiger partial charge in [0.1, 0.15) is 5.75 Å². The van der Waals surface area contributed by atoms with Gasteiger partial charge in [0.25, 0.3) is 0 Å². The van der Waals surface area contributed by atoms with E-state index >= 15 is 0 Å². The van der Waals surface area contributed by atoms with Crippen molar-refractivity contribution in [3.8, 4) is 5.75 Å². The number of amides is 3. The fourth-order valence-corrected chi connectivity index (χ4v) is 3.33. The maximum Gasteiger partial charge on any atom is 0.338 e. The SMILES string of the molecule is CCCN(CC(=O)N(C)C)CC1=C(C(=O)OCC)C(c2ccc(OC)cc2)NC(=O)N1. The molecule has 0 spiro atoms. The minimum absolute atomic E-state index is 0.0568. The Labute approximate surface area is 183 Å². The average molecular weight is 433 g/mol. The van der Waals surface area contributed by atoms with E-state index in [-0.39, 0.29) is 25.6 Å². The van der Waals surface area contributed by atoms with Crippen LogP contribution in [0.25, 0.3) is 0 Å². The topological polar surface area (TPSA) is 100 Å². The summed E-state index contributed by atoms with van der Waals surface area (Å²) in [4.78, 5) is 41.0. The number of rotatable bonds is 10. The number of hydrogen-bond donors (Lipinski definition) is 2. The van der Waals surface area contributed by atoms with Crippen molar-refractivity contribution in [1.82, 2.24) is 20.4 Å². The summed E-state index contributed by atoms with van der Waals surface area (Å²) >= 11 is 0. The standard InChI is InChI=1S/C22H32N4O5/c1-6-12-26(14-18(27)25(3)4)13-17-19(21(28)31-7-2)20(24-22(29)23-17)15-8-10-16(30-5)11-9-15/h8-11,20H,6-7,12-14H2,1-5H3,(H2,23,24,29). The molecule has 1 aromatic carbocycles. The van der Waals surface area contributed by atoms with Crippen LogP contribution < -0.4 is 15.4 Å². The van der Waals surface area contributed by atoms with Crippen LogP contribution in [0.3, 0.4) is 0 Å². The fraction of sp³-hybridized carbons (Fsp3) is 0.500. The smallest absolute Gasteiger partial charge is 0.338 e. The highest BCUT2D eigenvalue weighted by molar-refractivity contribution is 5.95. The molecule has 170 valence electrons. The second-order valence-electron chi connectivity index (χ2n) is 7.42. The van der Waals surface area contributed by atoms with Crippen LogP contribution in [-0.4, -0.2) is 75.2 Å². The van der Waals surface area contributed by atoms with Gasteiger partial charge in [-0.25, -0.2) is 9.59 Å². The number of nitrogens with zero attached hydrogens (tertiary/aromatic N) is 2. The van der Waals surface area contributed by atoms with Crippen LogP contribution in [0, 0.1) is 0 Å². The van der Waals surface area contributed by atoms with Gasteiger partial charge in [-0.15, -0.1) is 0 Å². The Bertz CT molecular complexity index is 820. The van der Waals surface area contributed by atoms with Gasteiger partial charge in [0.2, 0.25) is 5.91 Å². The zero-order valence-corrected chi connectivity index (χ0v) is 18.9. The lowest BCUT2D eigenvalue weighted by Gasteiger charge is -2.32. The van der Waals surface area contributed by atoms with Crippen LogP contribution in [-0.2, 0) is 14.3 Å². The van der Waals surface area contributed by atoms with Gasteiger partial charge in [0.15, 0.2) is 0 Å². The summed E-state index contributed by atoms with van der Waals surface area (Å²) in [5, 5.41) is 5.57. The minimum atomic E-state index is -0.679. The molecule has 0 bridgehead atoms. The molecule has 0 radical (unpaired) electrons. The lowest BCUT2D eigenvalue weighted by atomic mass is 9.95. The van der Waals surface area contributed by atoms with E-state index < -0.39 is 18.0 Å². The van der Waals surface area contributed by atoms with Crippen LogP contribution >= 0.6 is 0 Å². The van der Waals surface area contributed by atoms with Crippen molar-refractivity contribution in [2.45, 2.75) is 26.3 Å². The summed E-state index contributed by atoms with van der Waals surface area (Å²) in [6, 6.07) is 6.04. The molecule has 0 fully saturated rings. The van der Waals surface area contributed by atoms with E-state index in [1.807, 2.05) is 11.8 Å². The Kier molecular flexibility index (Phi) is 8.87. The van der Waals surface area contributed by atoms with Gasteiger partial charge in [-0.05, 0) is 37.6 Å². The van der Waals surface area contributed by atoms with E-state index in [4.69, 9.17) is 9.47 Å². The molecule has 9 heteroatoms. The van der Waals surface area contributed by atoms with Gasteiger partial charge in [0.05, 0.1) is 31.9 Å². The molecule has 2 rings (SSSR count). The number of ether oxygens (including phenoxy) is 2. The Hall–Kier alpha value is -3.07. The Morgan fingerprint density at radius 1 is 1.13 bits per heavy atom. The van der Waals surface area contributed by atoms with Gasteiger partial charge < -0.3 is 25.0 Å². The monoisotopic (exact) mass is 432 g/mol. The van der Waals surface area contributed by atoms with E-state index in [2.05, 4.69) is 10.6 Å². The zero-order chi connectivity index (χ0) is 23.0. The van der Waals surface area contributed by atoms with Crippen LogP contribution in [0.15, 0.2) is 35.5 Å². The number of hydrogen-bond acceptors (Lipinski definition) is 6. The lowest BCUT2D eigenvalue weighted by Crippen LogP contribution is -2.49. The van der Waals surface area contributed by atoms with Crippen molar-refractivity contribution in [1.29, 1.82) is 0 Å². The molecule has 0 saturated heterocycles. The fourth-order valence-electron chi connectivity index (χ4n) is 3.33. The molecule has 1 heterocycles. The van der Waals surface area contributed by atoms with Crippen molar-refractivity contribution < 1.29 is 23.9 Å². The molecule has 1 unspecified atom stereocenters. The van der Waals surface area contributed by atoms with Crippen LogP contribution in [0.4, 0.5) is 4.79 Å². The summed E-state index contributed by atoms with van der Waals surface area (Å²) in [6.07, 6.45) is 0.816. The molecule has 1 aromatic rings. The summed E-state index contributed by atoms with van der Waals surface area (Å²) in [7, 11) is 4.96. The second kappa shape index (κ2) is 11.4. The van der Waals surface area contributed by atoms with Crippen molar-refractivity contribution in [3.63, 3.8) is 0 Å². The quantitative estimate of drug-likeness (QED) is 0.546. The van der Waals surface area contributed by atoms with Crippen molar-refractivity contribution in [2.75, 3.05) is 47.4 Å². The number of urea groups is 1. The first-order chi connectivity index (χ1) is 14.8. The number of esters is 1. The molecule has 1 atom stereocenters. The Morgan fingerprint density at radius 2 is 1.81 bits per heavy atom. The maximum atomic E-state index is 12.9. The first-order valence-electron chi connectivity index (χ1n) is 10.3. The lowest BCUT2D eigenvalue weighted by molar-refractivity contribution is -0.139. The van der Waals surface area contributed by atoms with Gasteiger partial charge in [-0.1, -0.05) is 19.1 Å². The zero-order valence-electron chi connectivity index (χ0n) is 18.9. The summed E-state index contributed by atoms with van der Waals surface area (Å²) in [6.45, 7) is 4.99. The van der Waals surface area contributed by atoms with E-state index in [1.165, 1.54) is 4.90 Å². The number of methoxy groups -OCH3 is 1. The summed E-state index contributed by atoms with van der Waals surface area (Å²) < 4.78 is 10.5. The van der Waals surface area contributed by atoms with Gasteiger partial charge in [-0.3, -0.25) is 9.69 Å². The maximum absolute atomic E-state index is 12.9. The van der Waals surface area contributed by atoms with Gasteiger partial charge >= 0.3 is 12.0 Å². The predicted octanol–water partition coefficient (Wildman–Crippen LogP) is 1.67. The third-order valence-electron chi connectivity index (χ3n) is 4.88. The molecule has 0 saturated carbocycles. The highest BCUT2D eigenvalue weighted by atomic mass is 16.5. The molecule has 1 aliphatic rings. The molecule has 2 N–H and O–H groups in total. The van der Waals surface area contributed by atoms with Crippen LogP contribution in [0.1, 0.15) is 31.9 Å². The molecule has 3 amide bonds. The van der Waals surface area contributed by atoms with E-state index in [9.17, 15) is 14.4 Å². The predicted molar refractivity (Wildman–Crippen MR) is 116 cm³/mol. The second-order valence-corrected chi connectivity index (χ2v) is 7.42. The molecule has 1 aliphatic heterocycles. The third-order valence-corrected chi connectivity index (χ3v) is 4.88. The third kappa shape index (κ3) is 6.45. The largest absolute Gasteiger partial charge is 0.497 e. The summed E-state index contributed by atoms with van der Waals surface area (Å²) in [5.41, 5.74) is 1.48. The molecular formula is C22H32N4O5. The van der Waals surface area contributed by atoms with Crippen LogP contribution in [0.5, 0.6) is 5.75 Å². The molecule has 0 aromatic heterocycles.